The molecule has 0 saturated carbocycles. The fourth-order valence-electron chi connectivity index (χ4n) is 2.51. The Morgan fingerprint density at radius 1 is 0.895 bits per heavy atom. The number of benzene rings is 2. The van der Waals surface area contributed by atoms with Crippen molar-refractivity contribution < 1.29 is 4.42 Å². The highest BCUT2D eigenvalue weighted by molar-refractivity contribution is 5.94. The summed E-state index contributed by atoms with van der Waals surface area (Å²) in [6.45, 7) is 6.21. The number of fused-ring (bicyclic) bond motifs is 1. The molecule has 0 aliphatic heterocycles. The van der Waals surface area contributed by atoms with Crippen LogP contribution in [-0.4, -0.2) is 0 Å². The second-order valence-corrected chi connectivity index (χ2v) is 5.03. The van der Waals surface area contributed by atoms with Gasteiger partial charge in [-0.25, -0.2) is 0 Å². The number of aryl methyl sites for hydroxylation is 3. The van der Waals surface area contributed by atoms with E-state index in [2.05, 4.69) is 43.4 Å². The fraction of sp³-hybridized carbons (Fsp3) is 0.176. The third-order valence-corrected chi connectivity index (χ3v) is 3.26. The minimum absolute atomic E-state index is 0.917. The van der Waals surface area contributed by atoms with Crippen LogP contribution in [0, 0.1) is 20.8 Å². The van der Waals surface area contributed by atoms with Gasteiger partial charge in [0.2, 0.25) is 0 Å². The molecule has 1 heterocycles. The van der Waals surface area contributed by atoms with Crippen molar-refractivity contribution in [3.63, 3.8) is 0 Å². The number of para-hydroxylation sites is 1. The molecule has 2 nitrogen and oxygen atoms in total. The molecule has 0 saturated heterocycles. The maximum Gasteiger partial charge on any atom is 0.136 e. The van der Waals surface area contributed by atoms with E-state index in [1.807, 2.05) is 25.1 Å². The summed E-state index contributed by atoms with van der Waals surface area (Å²) in [7, 11) is 0. The second kappa shape index (κ2) is 4.47. The van der Waals surface area contributed by atoms with Crippen LogP contribution in [0.5, 0.6) is 0 Å². The zero-order valence-corrected chi connectivity index (χ0v) is 11.4. The molecule has 1 N–H and O–H groups in total. The zero-order chi connectivity index (χ0) is 13.4. The summed E-state index contributed by atoms with van der Waals surface area (Å²) in [5.41, 5.74) is 5.60. The van der Waals surface area contributed by atoms with Crippen LogP contribution in [0.25, 0.3) is 11.0 Å². The molecule has 0 unspecified atom stereocenters. The summed E-state index contributed by atoms with van der Waals surface area (Å²) < 4.78 is 5.77. The summed E-state index contributed by atoms with van der Waals surface area (Å²) >= 11 is 0. The lowest BCUT2D eigenvalue weighted by molar-refractivity contribution is 0.580. The van der Waals surface area contributed by atoms with E-state index in [0.29, 0.717) is 0 Å². The third kappa shape index (κ3) is 2.22. The van der Waals surface area contributed by atoms with Gasteiger partial charge >= 0.3 is 0 Å². The van der Waals surface area contributed by atoms with Crippen molar-refractivity contribution in [1.29, 1.82) is 0 Å². The van der Waals surface area contributed by atoms with Gasteiger partial charge in [-0.3, -0.25) is 0 Å². The number of anilines is 2. The van der Waals surface area contributed by atoms with E-state index in [0.717, 1.165) is 28.1 Å². The molecule has 0 spiro atoms. The predicted octanol–water partition coefficient (Wildman–Crippen LogP) is 5.10. The van der Waals surface area contributed by atoms with Crippen LogP contribution in [0.4, 0.5) is 11.4 Å². The Balaban J connectivity index is 2.07. The molecule has 19 heavy (non-hydrogen) atoms. The highest BCUT2D eigenvalue weighted by Crippen LogP contribution is 2.32. The SMILES string of the molecule is Cc1cc(C)cc(Nc2c(C)oc3ccccc23)c1. The number of furan rings is 1. The normalized spacial score (nSPS) is 10.9. The maximum absolute atomic E-state index is 5.77. The van der Waals surface area contributed by atoms with Gasteiger partial charge in [0.15, 0.2) is 0 Å². The van der Waals surface area contributed by atoms with E-state index in [1.165, 1.54) is 11.1 Å². The smallest absolute Gasteiger partial charge is 0.136 e. The summed E-state index contributed by atoms with van der Waals surface area (Å²) in [5.74, 6) is 0.917. The van der Waals surface area contributed by atoms with Crippen LogP contribution < -0.4 is 5.32 Å². The largest absolute Gasteiger partial charge is 0.459 e. The first-order chi connectivity index (χ1) is 9.13. The Hall–Kier alpha value is -2.22. The van der Waals surface area contributed by atoms with Crippen LogP contribution in [0.3, 0.4) is 0 Å². The first kappa shape index (κ1) is 11.8. The van der Waals surface area contributed by atoms with Gasteiger partial charge in [0, 0.05) is 11.1 Å². The van der Waals surface area contributed by atoms with E-state index in [-0.39, 0.29) is 0 Å². The van der Waals surface area contributed by atoms with Gasteiger partial charge in [0.25, 0.3) is 0 Å². The Bertz CT molecular complexity index is 720. The van der Waals surface area contributed by atoms with Gasteiger partial charge in [0.1, 0.15) is 11.3 Å². The molecule has 0 amide bonds. The lowest BCUT2D eigenvalue weighted by atomic mass is 10.1. The van der Waals surface area contributed by atoms with Gasteiger partial charge in [-0.1, -0.05) is 18.2 Å². The quantitative estimate of drug-likeness (QED) is 0.685. The van der Waals surface area contributed by atoms with E-state index >= 15 is 0 Å². The first-order valence-corrected chi connectivity index (χ1v) is 6.47. The van der Waals surface area contributed by atoms with Crippen LogP contribution >= 0.6 is 0 Å². The van der Waals surface area contributed by atoms with Crippen LogP contribution in [0.1, 0.15) is 16.9 Å². The van der Waals surface area contributed by atoms with Gasteiger partial charge < -0.3 is 9.73 Å². The van der Waals surface area contributed by atoms with Crippen molar-refractivity contribution in [1.82, 2.24) is 0 Å². The Labute approximate surface area is 113 Å². The van der Waals surface area contributed by atoms with Crippen LogP contribution in [0.2, 0.25) is 0 Å². The van der Waals surface area contributed by atoms with E-state index < -0.39 is 0 Å². The number of hydrogen-bond acceptors (Lipinski definition) is 2. The van der Waals surface area contributed by atoms with Gasteiger partial charge in [-0.15, -0.1) is 0 Å². The molecular formula is C17H17NO. The van der Waals surface area contributed by atoms with Crippen LogP contribution in [0.15, 0.2) is 46.9 Å². The summed E-state index contributed by atoms with van der Waals surface area (Å²) in [4.78, 5) is 0. The van der Waals surface area contributed by atoms with Crippen LogP contribution in [-0.2, 0) is 0 Å². The molecular weight excluding hydrogens is 234 g/mol. The molecule has 2 aromatic carbocycles. The standard InChI is InChI=1S/C17H17NO/c1-11-8-12(2)10-14(9-11)18-17-13(3)19-16-7-5-4-6-15(16)17/h4-10,18H,1-3H3. The number of nitrogens with one attached hydrogen (secondary N) is 1. The molecule has 0 aliphatic rings. The molecule has 3 aromatic rings. The third-order valence-electron chi connectivity index (χ3n) is 3.26. The average molecular weight is 251 g/mol. The molecule has 96 valence electrons. The highest BCUT2D eigenvalue weighted by Gasteiger charge is 2.10. The monoisotopic (exact) mass is 251 g/mol. The lowest BCUT2D eigenvalue weighted by Crippen LogP contribution is -1.92. The second-order valence-electron chi connectivity index (χ2n) is 5.03. The average Bonchev–Trinajstić information content (AvgIpc) is 2.65. The Morgan fingerprint density at radius 3 is 2.32 bits per heavy atom. The minimum Gasteiger partial charge on any atom is -0.459 e. The topological polar surface area (TPSA) is 25.2 Å². The molecule has 0 aliphatic carbocycles. The first-order valence-electron chi connectivity index (χ1n) is 6.47. The predicted molar refractivity (Wildman–Crippen MR) is 80.1 cm³/mol. The molecule has 1 aromatic heterocycles. The van der Waals surface area contributed by atoms with Crippen molar-refractivity contribution in [2.45, 2.75) is 20.8 Å². The number of rotatable bonds is 2. The molecule has 3 rings (SSSR count). The van der Waals surface area contributed by atoms with E-state index in [9.17, 15) is 0 Å². The maximum atomic E-state index is 5.77. The molecule has 0 bridgehead atoms. The van der Waals surface area contributed by atoms with Crippen molar-refractivity contribution in [2.75, 3.05) is 5.32 Å². The Kier molecular flexibility index (Phi) is 2.79. The van der Waals surface area contributed by atoms with Crippen molar-refractivity contribution in [3.8, 4) is 0 Å². The molecule has 0 fully saturated rings. The summed E-state index contributed by atoms with van der Waals surface area (Å²) in [6.07, 6.45) is 0. The molecule has 0 radical (unpaired) electrons. The van der Waals surface area contributed by atoms with Gasteiger partial charge in [-0.05, 0) is 56.2 Å². The lowest BCUT2D eigenvalue weighted by Gasteiger charge is -2.08. The summed E-state index contributed by atoms with van der Waals surface area (Å²) in [5, 5.41) is 4.61. The molecule has 2 heteroatoms. The van der Waals surface area contributed by atoms with Gasteiger partial charge in [0.05, 0.1) is 5.69 Å². The van der Waals surface area contributed by atoms with E-state index in [1.54, 1.807) is 0 Å². The summed E-state index contributed by atoms with van der Waals surface area (Å²) in [6, 6.07) is 14.6. The fourth-order valence-corrected chi connectivity index (χ4v) is 2.51. The number of hydrogen-bond donors (Lipinski definition) is 1. The Morgan fingerprint density at radius 2 is 1.58 bits per heavy atom. The van der Waals surface area contributed by atoms with Crippen molar-refractivity contribution in [2.24, 2.45) is 0 Å². The minimum atomic E-state index is 0.917. The zero-order valence-electron chi connectivity index (χ0n) is 11.4. The molecule has 0 atom stereocenters. The van der Waals surface area contributed by atoms with Gasteiger partial charge in [-0.2, -0.15) is 0 Å². The van der Waals surface area contributed by atoms with E-state index in [4.69, 9.17) is 4.42 Å². The van der Waals surface area contributed by atoms with Crippen molar-refractivity contribution >= 4 is 22.3 Å². The van der Waals surface area contributed by atoms with Crippen molar-refractivity contribution in [3.05, 3.63) is 59.4 Å². The highest BCUT2D eigenvalue weighted by atomic mass is 16.3.